The minimum absolute atomic E-state index is 0.0554. The first-order chi connectivity index (χ1) is 9.93. The Labute approximate surface area is 120 Å². The summed E-state index contributed by atoms with van der Waals surface area (Å²) in [6.45, 7) is 0.804. The van der Waals surface area contributed by atoms with Crippen molar-refractivity contribution in [2.75, 3.05) is 24.7 Å². The van der Waals surface area contributed by atoms with E-state index in [0.29, 0.717) is 25.3 Å². The third-order valence-electron chi connectivity index (χ3n) is 3.38. The van der Waals surface area contributed by atoms with Crippen LogP contribution in [0, 0.1) is 0 Å². The highest BCUT2D eigenvalue weighted by atomic mass is 19.4. The summed E-state index contributed by atoms with van der Waals surface area (Å²) in [5.41, 5.74) is 5.19. The molecule has 1 aliphatic rings. The Morgan fingerprint density at radius 3 is 2.52 bits per heavy atom. The first-order valence-electron chi connectivity index (χ1n) is 6.70. The van der Waals surface area contributed by atoms with Crippen molar-refractivity contribution < 1.29 is 22.7 Å². The lowest BCUT2D eigenvalue weighted by Gasteiger charge is -2.35. The average molecular weight is 302 g/mol. The van der Waals surface area contributed by atoms with Gasteiger partial charge in [0.1, 0.15) is 6.61 Å². The predicted molar refractivity (Wildman–Crippen MR) is 71.8 cm³/mol. The van der Waals surface area contributed by atoms with Crippen LogP contribution in [0.1, 0.15) is 18.4 Å². The quantitative estimate of drug-likeness (QED) is 0.927. The van der Waals surface area contributed by atoms with Crippen molar-refractivity contribution in [3.8, 4) is 0 Å². The fraction of sp³-hybridized carbons (Fsp3) is 0.500. The minimum Gasteiger partial charge on any atom is -0.369 e. The Morgan fingerprint density at radius 2 is 1.95 bits per heavy atom. The molecule has 0 bridgehead atoms. The van der Waals surface area contributed by atoms with Crippen LogP contribution in [0.15, 0.2) is 24.3 Å². The van der Waals surface area contributed by atoms with Gasteiger partial charge in [0.25, 0.3) is 5.91 Å². The maximum absolute atomic E-state index is 12.6. The summed E-state index contributed by atoms with van der Waals surface area (Å²) >= 11 is 0. The molecule has 1 unspecified atom stereocenters. The largest absolute Gasteiger partial charge is 0.416 e. The summed E-state index contributed by atoms with van der Waals surface area (Å²) in [7, 11) is 0. The second-order valence-electron chi connectivity index (χ2n) is 4.91. The van der Waals surface area contributed by atoms with E-state index < -0.39 is 11.7 Å². The van der Waals surface area contributed by atoms with Crippen molar-refractivity contribution in [1.82, 2.24) is 0 Å². The molecule has 1 atom stereocenters. The van der Waals surface area contributed by atoms with E-state index in [0.717, 1.165) is 18.6 Å². The lowest BCUT2D eigenvalue weighted by Crippen LogP contribution is -2.49. The number of ether oxygens (including phenoxy) is 1. The van der Waals surface area contributed by atoms with Crippen LogP contribution in [-0.2, 0) is 15.7 Å². The van der Waals surface area contributed by atoms with E-state index in [1.165, 1.54) is 17.0 Å². The Hall–Kier alpha value is -1.60. The molecule has 0 radical (unpaired) electrons. The molecule has 0 spiro atoms. The van der Waals surface area contributed by atoms with Gasteiger partial charge in [0.05, 0.1) is 18.2 Å². The Morgan fingerprint density at radius 1 is 1.29 bits per heavy atom. The normalized spacial score (nSPS) is 19.9. The zero-order valence-corrected chi connectivity index (χ0v) is 11.4. The van der Waals surface area contributed by atoms with E-state index in [1.807, 2.05) is 0 Å². The molecule has 1 saturated heterocycles. The Kier molecular flexibility index (Phi) is 4.84. The molecule has 21 heavy (non-hydrogen) atoms. The fourth-order valence-corrected chi connectivity index (χ4v) is 2.36. The van der Waals surface area contributed by atoms with Crippen LogP contribution in [0.25, 0.3) is 0 Å². The number of hydrogen-bond donors (Lipinski definition) is 1. The maximum Gasteiger partial charge on any atom is 0.416 e. The van der Waals surface area contributed by atoms with Crippen LogP contribution in [0.2, 0.25) is 0 Å². The van der Waals surface area contributed by atoms with Gasteiger partial charge < -0.3 is 15.4 Å². The Bertz CT molecular complexity index is 488. The molecule has 1 fully saturated rings. The van der Waals surface area contributed by atoms with Gasteiger partial charge in [0.15, 0.2) is 0 Å². The SMILES string of the molecule is NCCCC1COCC(=O)N1c1ccc(C(F)(F)F)cc1. The molecule has 2 N–H and O–H groups in total. The number of carbonyl (C=O) groups excluding carboxylic acids is 1. The summed E-state index contributed by atoms with van der Waals surface area (Å²) in [4.78, 5) is 13.5. The topological polar surface area (TPSA) is 55.6 Å². The summed E-state index contributed by atoms with van der Waals surface area (Å²) in [5.74, 6) is -0.247. The molecule has 2 rings (SSSR count). The molecule has 4 nitrogen and oxygen atoms in total. The second-order valence-corrected chi connectivity index (χ2v) is 4.91. The molecule has 1 aliphatic heterocycles. The maximum atomic E-state index is 12.6. The van der Waals surface area contributed by atoms with Crippen LogP contribution in [0.3, 0.4) is 0 Å². The van der Waals surface area contributed by atoms with Gasteiger partial charge in [-0.1, -0.05) is 0 Å². The number of carbonyl (C=O) groups is 1. The molecule has 7 heteroatoms. The molecule has 1 amide bonds. The molecular weight excluding hydrogens is 285 g/mol. The average Bonchev–Trinajstić information content (AvgIpc) is 2.44. The lowest BCUT2D eigenvalue weighted by atomic mass is 10.1. The van der Waals surface area contributed by atoms with Crippen LogP contribution in [0.5, 0.6) is 0 Å². The van der Waals surface area contributed by atoms with Gasteiger partial charge >= 0.3 is 6.18 Å². The van der Waals surface area contributed by atoms with Crippen molar-refractivity contribution in [3.05, 3.63) is 29.8 Å². The van der Waals surface area contributed by atoms with E-state index in [-0.39, 0.29) is 18.6 Å². The Balaban J connectivity index is 2.21. The summed E-state index contributed by atoms with van der Waals surface area (Å²) < 4.78 is 42.9. The van der Waals surface area contributed by atoms with Gasteiger partial charge in [0.2, 0.25) is 0 Å². The number of anilines is 1. The molecular formula is C14H17F3N2O2. The number of hydrogen-bond acceptors (Lipinski definition) is 3. The van der Waals surface area contributed by atoms with Crippen LogP contribution in [-0.4, -0.2) is 31.7 Å². The van der Waals surface area contributed by atoms with Crippen molar-refractivity contribution in [1.29, 1.82) is 0 Å². The number of nitrogens with two attached hydrogens (primary N) is 1. The first-order valence-corrected chi connectivity index (χ1v) is 6.70. The minimum atomic E-state index is -4.38. The van der Waals surface area contributed by atoms with Crippen LogP contribution in [0.4, 0.5) is 18.9 Å². The van der Waals surface area contributed by atoms with Gasteiger partial charge in [-0.05, 0) is 43.7 Å². The monoisotopic (exact) mass is 302 g/mol. The van der Waals surface area contributed by atoms with Crippen LogP contribution < -0.4 is 10.6 Å². The van der Waals surface area contributed by atoms with Gasteiger partial charge in [-0.15, -0.1) is 0 Å². The van der Waals surface area contributed by atoms with Gasteiger partial charge in [-0.3, -0.25) is 4.79 Å². The lowest BCUT2D eigenvalue weighted by molar-refractivity contribution is -0.137. The second kappa shape index (κ2) is 6.44. The van der Waals surface area contributed by atoms with E-state index in [9.17, 15) is 18.0 Å². The highest BCUT2D eigenvalue weighted by Crippen LogP contribution is 2.31. The molecule has 0 aromatic heterocycles. The van der Waals surface area contributed by atoms with Gasteiger partial charge in [-0.25, -0.2) is 0 Å². The highest BCUT2D eigenvalue weighted by molar-refractivity contribution is 5.95. The third kappa shape index (κ3) is 3.74. The molecule has 1 heterocycles. The molecule has 0 aliphatic carbocycles. The van der Waals surface area contributed by atoms with E-state index in [4.69, 9.17) is 10.5 Å². The zero-order valence-electron chi connectivity index (χ0n) is 11.4. The van der Waals surface area contributed by atoms with Crippen molar-refractivity contribution in [2.45, 2.75) is 25.1 Å². The zero-order chi connectivity index (χ0) is 15.5. The van der Waals surface area contributed by atoms with Crippen molar-refractivity contribution in [2.24, 2.45) is 5.73 Å². The molecule has 1 aromatic rings. The number of halogens is 3. The van der Waals surface area contributed by atoms with E-state index in [2.05, 4.69) is 0 Å². The number of nitrogens with zero attached hydrogens (tertiary/aromatic N) is 1. The highest BCUT2D eigenvalue weighted by Gasteiger charge is 2.32. The van der Waals surface area contributed by atoms with Crippen molar-refractivity contribution >= 4 is 11.6 Å². The number of benzene rings is 1. The summed E-state index contributed by atoms with van der Waals surface area (Å²) in [6.07, 6.45) is -3.01. The number of amides is 1. The fourth-order valence-electron chi connectivity index (χ4n) is 2.36. The van der Waals surface area contributed by atoms with Crippen molar-refractivity contribution in [3.63, 3.8) is 0 Å². The molecule has 0 saturated carbocycles. The summed E-state index contributed by atoms with van der Waals surface area (Å²) in [5, 5.41) is 0. The number of rotatable bonds is 4. The predicted octanol–water partition coefficient (Wildman–Crippen LogP) is 2.18. The standard InChI is InChI=1S/C14H17F3N2O2/c15-14(16,17)10-3-5-11(6-4-10)19-12(2-1-7-18)8-21-9-13(19)20/h3-6,12H,1-2,7-9,18H2. The number of morpholine rings is 1. The smallest absolute Gasteiger partial charge is 0.369 e. The van der Waals surface area contributed by atoms with Gasteiger partial charge in [0, 0.05) is 5.69 Å². The van der Waals surface area contributed by atoms with E-state index in [1.54, 1.807) is 0 Å². The first kappa shape index (κ1) is 15.8. The van der Waals surface area contributed by atoms with Gasteiger partial charge in [-0.2, -0.15) is 13.2 Å². The molecule has 116 valence electrons. The van der Waals surface area contributed by atoms with E-state index >= 15 is 0 Å². The third-order valence-corrected chi connectivity index (χ3v) is 3.38. The number of alkyl halides is 3. The molecule has 1 aromatic carbocycles. The summed E-state index contributed by atoms with van der Waals surface area (Å²) in [6, 6.07) is 4.42. The van der Waals surface area contributed by atoms with Crippen LogP contribution >= 0.6 is 0 Å².